The van der Waals surface area contributed by atoms with Crippen molar-refractivity contribution in [3.05, 3.63) is 77.9 Å². The molecule has 1 amide bonds. The fourth-order valence-electron chi connectivity index (χ4n) is 2.45. The van der Waals surface area contributed by atoms with Crippen LogP contribution in [0.2, 0.25) is 0 Å². The van der Waals surface area contributed by atoms with Crippen LogP contribution >= 0.6 is 0 Å². The van der Waals surface area contributed by atoms with Gasteiger partial charge in [0.25, 0.3) is 15.7 Å². The molecular formula is C19H13F4N3O4S. The standard InChI is InChI=1S/C19H13F4N3O4S/c20-13-5-1-6-14(10-13)30-17-12(4-2-8-24-17)11-26-16(27)15-7-3-9-25-18(15)31(28,29)19(21,22)23/h1-10H,11H2,(H,26,27). The number of carbonyl (C=O) groups is 1. The third-order valence-electron chi connectivity index (χ3n) is 3.88. The van der Waals surface area contributed by atoms with Crippen LogP contribution in [0.15, 0.2) is 66.0 Å². The maximum atomic E-state index is 13.3. The Labute approximate surface area is 173 Å². The van der Waals surface area contributed by atoms with E-state index in [0.29, 0.717) is 5.56 Å². The Bertz CT molecular complexity index is 1220. The summed E-state index contributed by atoms with van der Waals surface area (Å²) in [5.41, 5.74) is -6.08. The summed E-state index contributed by atoms with van der Waals surface area (Å²) >= 11 is 0. The zero-order valence-corrected chi connectivity index (χ0v) is 16.2. The fourth-order valence-corrected chi connectivity index (χ4v) is 3.32. The number of nitrogens with one attached hydrogen (secondary N) is 1. The summed E-state index contributed by atoms with van der Waals surface area (Å²) < 4.78 is 80.9. The van der Waals surface area contributed by atoms with Crippen LogP contribution in [0.3, 0.4) is 0 Å². The summed E-state index contributed by atoms with van der Waals surface area (Å²) in [4.78, 5) is 19.7. The molecule has 3 rings (SSSR count). The quantitative estimate of drug-likeness (QED) is 0.570. The van der Waals surface area contributed by atoms with Crippen LogP contribution in [0.1, 0.15) is 15.9 Å². The van der Waals surface area contributed by atoms with Gasteiger partial charge in [-0.3, -0.25) is 4.79 Å². The molecule has 31 heavy (non-hydrogen) atoms. The van der Waals surface area contributed by atoms with Crippen LogP contribution in [-0.2, 0) is 16.4 Å². The number of hydrogen-bond acceptors (Lipinski definition) is 6. The number of sulfone groups is 1. The molecule has 2 heterocycles. The minimum atomic E-state index is -5.83. The number of alkyl halides is 3. The van der Waals surface area contributed by atoms with Gasteiger partial charge in [0.05, 0.1) is 5.56 Å². The molecule has 0 saturated carbocycles. The smallest absolute Gasteiger partial charge is 0.439 e. The van der Waals surface area contributed by atoms with Crippen molar-refractivity contribution >= 4 is 15.7 Å². The van der Waals surface area contributed by atoms with Gasteiger partial charge in [-0.1, -0.05) is 12.1 Å². The van der Waals surface area contributed by atoms with Gasteiger partial charge in [0.1, 0.15) is 11.6 Å². The number of ether oxygens (including phenoxy) is 1. The van der Waals surface area contributed by atoms with Crippen LogP contribution in [0.4, 0.5) is 17.6 Å². The van der Waals surface area contributed by atoms with Crippen molar-refractivity contribution in [1.29, 1.82) is 0 Å². The zero-order valence-electron chi connectivity index (χ0n) is 15.4. The van der Waals surface area contributed by atoms with Gasteiger partial charge in [-0.2, -0.15) is 13.2 Å². The van der Waals surface area contributed by atoms with Gasteiger partial charge in [-0.25, -0.2) is 22.8 Å². The highest BCUT2D eigenvalue weighted by Crippen LogP contribution is 2.31. The SMILES string of the molecule is O=C(NCc1cccnc1Oc1cccc(F)c1)c1cccnc1S(=O)(=O)C(F)(F)F. The number of carbonyl (C=O) groups excluding carboxylic acids is 1. The van der Waals surface area contributed by atoms with E-state index in [1.54, 1.807) is 0 Å². The zero-order chi connectivity index (χ0) is 22.6. The molecule has 0 unspecified atom stereocenters. The molecule has 0 spiro atoms. The normalized spacial score (nSPS) is 11.7. The second kappa shape index (κ2) is 8.68. The summed E-state index contributed by atoms with van der Waals surface area (Å²) in [7, 11) is -5.83. The van der Waals surface area contributed by atoms with Crippen LogP contribution in [0.25, 0.3) is 0 Å². The lowest BCUT2D eigenvalue weighted by atomic mass is 10.2. The number of pyridine rings is 2. The van der Waals surface area contributed by atoms with E-state index in [0.717, 1.165) is 24.4 Å². The third-order valence-corrected chi connectivity index (χ3v) is 5.32. The van der Waals surface area contributed by atoms with Crippen molar-refractivity contribution in [2.75, 3.05) is 0 Å². The van der Waals surface area contributed by atoms with E-state index in [4.69, 9.17) is 4.74 Å². The van der Waals surface area contributed by atoms with E-state index in [9.17, 15) is 30.8 Å². The molecule has 0 saturated heterocycles. The Hall–Kier alpha value is -3.54. The van der Waals surface area contributed by atoms with Crippen molar-refractivity contribution < 1.29 is 35.5 Å². The molecule has 0 fully saturated rings. The first kappa shape index (κ1) is 22.2. The summed E-state index contributed by atoms with van der Waals surface area (Å²) in [5.74, 6) is -1.49. The van der Waals surface area contributed by atoms with E-state index < -0.39 is 37.7 Å². The van der Waals surface area contributed by atoms with Gasteiger partial charge in [0.2, 0.25) is 5.88 Å². The predicted molar refractivity (Wildman–Crippen MR) is 99.4 cm³/mol. The lowest BCUT2D eigenvalue weighted by Gasteiger charge is -2.13. The first-order valence-electron chi connectivity index (χ1n) is 8.51. The first-order chi connectivity index (χ1) is 14.6. The van der Waals surface area contributed by atoms with E-state index in [1.807, 2.05) is 0 Å². The average Bonchev–Trinajstić information content (AvgIpc) is 2.72. The van der Waals surface area contributed by atoms with E-state index in [2.05, 4.69) is 15.3 Å². The van der Waals surface area contributed by atoms with Crippen molar-refractivity contribution in [3.63, 3.8) is 0 Å². The lowest BCUT2D eigenvalue weighted by Crippen LogP contribution is -2.30. The van der Waals surface area contributed by atoms with E-state index in [1.165, 1.54) is 36.5 Å². The van der Waals surface area contributed by atoms with Crippen LogP contribution in [0, 0.1) is 5.82 Å². The minimum Gasteiger partial charge on any atom is -0.439 e. The summed E-state index contributed by atoms with van der Waals surface area (Å²) in [5, 5.41) is 0.911. The molecule has 1 N–H and O–H groups in total. The molecule has 12 heteroatoms. The Kier molecular flexibility index (Phi) is 6.20. The molecule has 1 aromatic carbocycles. The van der Waals surface area contributed by atoms with Crippen LogP contribution < -0.4 is 10.1 Å². The van der Waals surface area contributed by atoms with Gasteiger partial charge in [-0.15, -0.1) is 0 Å². The number of halogens is 4. The molecule has 162 valence electrons. The van der Waals surface area contributed by atoms with Gasteiger partial charge in [-0.05, 0) is 30.3 Å². The largest absolute Gasteiger partial charge is 0.503 e. The van der Waals surface area contributed by atoms with E-state index in [-0.39, 0.29) is 18.2 Å². The first-order valence-corrected chi connectivity index (χ1v) is 10.00. The number of hydrogen-bond donors (Lipinski definition) is 1. The third kappa shape index (κ3) is 4.97. The molecule has 7 nitrogen and oxygen atoms in total. The van der Waals surface area contributed by atoms with Gasteiger partial charge >= 0.3 is 5.51 Å². The highest BCUT2D eigenvalue weighted by molar-refractivity contribution is 7.92. The Morgan fingerprint density at radius 3 is 2.45 bits per heavy atom. The predicted octanol–water partition coefficient (Wildman–Crippen LogP) is 3.63. The molecule has 0 aliphatic heterocycles. The second-order valence-electron chi connectivity index (χ2n) is 6.02. The Morgan fingerprint density at radius 2 is 1.74 bits per heavy atom. The van der Waals surface area contributed by atoms with Crippen molar-refractivity contribution in [3.8, 4) is 11.6 Å². The highest BCUT2D eigenvalue weighted by atomic mass is 32.2. The molecule has 2 aromatic heterocycles. The number of rotatable bonds is 6. The van der Waals surface area contributed by atoms with Crippen molar-refractivity contribution in [1.82, 2.24) is 15.3 Å². The van der Waals surface area contributed by atoms with Gasteiger partial charge in [0.15, 0.2) is 5.03 Å². The number of amides is 1. The minimum absolute atomic E-state index is 0.0164. The van der Waals surface area contributed by atoms with Crippen molar-refractivity contribution in [2.45, 2.75) is 17.1 Å². The van der Waals surface area contributed by atoms with Gasteiger partial charge < -0.3 is 10.1 Å². The number of nitrogens with zero attached hydrogens (tertiary/aromatic N) is 2. The van der Waals surface area contributed by atoms with Crippen LogP contribution in [0.5, 0.6) is 11.6 Å². The summed E-state index contributed by atoms with van der Waals surface area (Å²) in [6.45, 7) is -0.266. The molecule has 3 aromatic rings. The van der Waals surface area contributed by atoms with Gasteiger partial charge in [0, 0.05) is 30.6 Å². The monoisotopic (exact) mass is 455 g/mol. The molecule has 0 aliphatic carbocycles. The lowest BCUT2D eigenvalue weighted by molar-refractivity contribution is -0.0438. The maximum absolute atomic E-state index is 13.3. The molecule has 0 bridgehead atoms. The van der Waals surface area contributed by atoms with Crippen LogP contribution in [-0.4, -0.2) is 29.8 Å². The molecule has 0 aliphatic rings. The topological polar surface area (TPSA) is 98.2 Å². The average molecular weight is 455 g/mol. The molecule has 0 radical (unpaired) electrons. The summed E-state index contributed by atoms with van der Waals surface area (Å²) in [6, 6.07) is 10.3. The maximum Gasteiger partial charge on any atom is 0.503 e. The second-order valence-corrected chi connectivity index (χ2v) is 7.87. The van der Waals surface area contributed by atoms with Crippen molar-refractivity contribution in [2.24, 2.45) is 0 Å². The highest BCUT2D eigenvalue weighted by Gasteiger charge is 2.49. The molecule has 0 atom stereocenters. The molecular weight excluding hydrogens is 442 g/mol. The Morgan fingerprint density at radius 1 is 1.03 bits per heavy atom. The number of benzene rings is 1. The Balaban J connectivity index is 1.82. The fraction of sp³-hybridized carbons (Fsp3) is 0.105. The van der Waals surface area contributed by atoms with E-state index >= 15 is 0 Å². The number of aromatic nitrogens is 2. The summed E-state index contributed by atoms with van der Waals surface area (Å²) in [6.07, 6.45) is 2.22.